The third kappa shape index (κ3) is 3.67. The minimum Gasteiger partial charge on any atom is -0.348 e. The van der Waals surface area contributed by atoms with E-state index < -0.39 is 0 Å². The molecule has 1 aliphatic carbocycles. The normalized spacial score (nSPS) is 16.1. The van der Waals surface area contributed by atoms with E-state index in [-0.39, 0.29) is 23.8 Å². The second-order valence-corrected chi connectivity index (χ2v) is 7.00. The number of carbonyl (C=O) groups is 2. The minimum atomic E-state index is -0.214. The zero-order chi connectivity index (χ0) is 18.0. The van der Waals surface area contributed by atoms with Gasteiger partial charge in [0.05, 0.1) is 0 Å². The van der Waals surface area contributed by atoms with Crippen LogP contribution in [-0.2, 0) is 4.79 Å². The van der Waals surface area contributed by atoms with Crippen LogP contribution in [0.2, 0.25) is 0 Å². The third-order valence-corrected chi connectivity index (χ3v) is 4.94. The number of nitrogens with zero attached hydrogens (tertiary/aromatic N) is 2. The van der Waals surface area contributed by atoms with E-state index in [0.29, 0.717) is 17.2 Å². The van der Waals surface area contributed by atoms with Crippen molar-refractivity contribution < 1.29 is 9.59 Å². The molecular weight excluding hydrogens is 316 g/mol. The van der Waals surface area contributed by atoms with E-state index in [1.54, 1.807) is 4.40 Å². The molecule has 6 heteroatoms. The lowest BCUT2D eigenvalue weighted by atomic mass is 10.1. The molecule has 25 heavy (non-hydrogen) atoms. The van der Waals surface area contributed by atoms with E-state index in [0.717, 1.165) is 37.7 Å². The molecule has 0 aliphatic heterocycles. The molecule has 2 N–H and O–H groups in total. The van der Waals surface area contributed by atoms with E-state index in [1.165, 1.54) is 0 Å². The van der Waals surface area contributed by atoms with Crippen molar-refractivity contribution in [2.24, 2.45) is 5.92 Å². The van der Waals surface area contributed by atoms with Crippen LogP contribution >= 0.6 is 0 Å². The van der Waals surface area contributed by atoms with Crippen LogP contribution < -0.4 is 10.6 Å². The van der Waals surface area contributed by atoms with Gasteiger partial charge in [-0.3, -0.25) is 14.0 Å². The smallest absolute Gasteiger partial charge is 0.272 e. The van der Waals surface area contributed by atoms with E-state index >= 15 is 0 Å². The summed E-state index contributed by atoms with van der Waals surface area (Å²) in [4.78, 5) is 29.8. The Morgan fingerprint density at radius 3 is 2.72 bits per heavy atom. The summed E-state index contributed by atoms with van der Waals surface area (Å²) in [6.45, 7) is 5.95. The first kappa shape index (κ1) is 17.5. The van der Waals surface area contributed by atoms with Gasteiger partial charge >= 0.3 is 0 Å². The second kappa shape index (κ2) is 7.25. The molecule has 1 fully saturated rings. The predicted octanol–water partition coefficient (Wildman–Crippen LogP) is 3.30. The number of amides is 2. The first-order valence-electron chi connectivity index (χ1n) is 9.10. The van der Waals surface area contributed by atoms with Crippen LogP contribution in [0.15, 0.2) is 18.3 Å². The van der Waals surface area contributed by atoms with Gasteiger partial charge in [-0.2, -0.15) is 0 Å². The summed E-state index contributed by atoms with van der Waals surface area (Å²) in [6, 6.07) is 3.86. The maximum absolute atomic E-state index is 12.8. The van der Waals surface area contributed by atoms with E-state index in [2.05, 4.69) is 15.6 Å². The lowest BCUT2D eigenvalue weighted by Gasteiger charge is -2.13. The Labute approximate surface area is 148 Å². The number of pyridine rings is 1. The Balaban J connectivity index is 1.96. The van der Waals surface area contributed by atoms with E-state index in [1.807, 2.05) is 39.1 Å². The Kier molecular flexibility index (Phi) is 5.06. The number of rotatable bonds is 5. The molecule has 1 unspecified atom stereocenters. The number of imidazole rings is 1. The highest BCUT2D eigenvalue weighted by molar-refractivity contribution is 6.03. The first-order chi connectivity index (χ1) is 12.0. The zero-order valence-corrected chi connectivity index (χ0v) is 15.1. The van der Waals surface area contributed by atoms with Gasteiger partial charge in [0.25, 0.3) is 5.91 Å². The fraction of sp³-hybridized carbons (Fsp3) is 0.526. The summed E-state index contributed by atoms with van der Waals surface area (Å²) >= 11 is 0. The summed E-state index contributed by atoms with van der Waals surface area (Å²) in [5.41, 5.74) is 2.07. The number of hydrogen-bond acceptors (Lipinski definition) is 3. The number of hydrogen-bond donors (Lipinski definition) is 2. The molecule has 1 aliphatic rings. The van der Waals surface area contributed by atoms with Crippen molar-refractivity contribution in [1.82, 2.24) is 14.7 Å². The zero-order valence-electron chi connectivity index (χ0n) is 15.1. The van der Waals surface area contributed by atoms with Gasteiger partial charge in [-0.1, -0.05) is 25.8 Å². The van der Waals surface area contributed by atoms with Gasteiger partial charge in [-0.25, -0.2) is 4.98 Å². The van der Waals surface area contributed by atoms with Crippen molar-refractivity contribution in [1.29, 1.82) is 0 Å². The number of anilines is 1. The topological polar surface area (TPSA) is 75.5 Å². The van der Waals surface area contributed by atoms with Crippen LogP contribution in [0.1, 0.15) is 62.0 Å². The van der Waals surface area contributed by atoms with Crippen LogP contribution in [0, 0.1) is 12.8 Å². The van der Waals surface area contributed by atoms with Gasteiger partial charge in [0, 0.05) is 18.2 Å². The molecule has 134 valence electrons. The molecule has 0 bridgehead atoms. The maximum Gasteiger partial charge on any atom is 0.272 e. The molecule has 2 aromatic rings. The van der Waals surface area contributed by atoms with Gasteiger partial charge < -0.3 is 10.6 Å². The molecule has 2 heterocycles. The van der Waals surface area contributed by atoms with Gasteiger partial charge in [-0.05, 0) is 44.7 Å². The fourth-order valence-corrected chi connectivity index (χ4v) is 3.26. The summed E-state index contributed by atoms with van der Waals surface area (Å²) in [6.07, 6.45) is 6.71. The van der Waals surface area contributed by atoms with Crippen LogP contribution in [0.4, 0.5) is 5.82 Å². The number of carbonyl (C=O) groups excluding carboxylic acids is 2. The molecule has 0 aromatic carbocycles. The number of fused-ring (bicyclic) bond motifs is 1. The number of aryl methyl sites for hydroxylation is 1. The monoisotopic (exact) mass is 342 g/mol. The fourth-order valence-electron chi connectivity index (χ4n) is 3.26. The number of nitrogens with one attached hydrogen (secondary N) is 2. The van der Waals surface area contributed by atoms with Crippen LogP contribution in [0.25, 0.3) is 5.65 Å². The molecule has 3 rings (SSSR count). The average molecular weight is 342 g/mol. The van der Waals surface area contributed by atoms with Crippen LogP contribution in [-0.4, -0.2) is 27.2 Å². The highest BCUT2D eigenvalue weighted by Gasteiger charge is 2.27. The quantitative estimate of drug-likeness (QED) is 0.875. The van der Waals surface area contributed by atoms with Crippen LogP contribution in [0.5, 0.6) is 0 Å². The highest BCUT2D eigenvalue weighted by atomic mass is 16.2. The molecule has 1 atom stereocenters. The van der Waals surface area contributed by atoms with Gasteiger partial charge in [0.2, 0.25) is 5.91 Å². The van der Waals surface area contributed by atoms with Crippen molar-refractivity contribution in [2.75, 3.05) is 5.32 Å². The SMILES string of the molecule is CCC(C)NC(=O)c1c(NC(=O)C2CCCC2)nc2ccc(C)cn12. The average Bonchev–Trinajstić information content (AvgIpc) is 3.21. The molecule has 2 aromatic heterocycles. The highest BCUT2D eigenvalue weighted by Crippen LogP contribution is 2.27. The minimum absolute atomic E-state index is 0.0250. The lowest BCUT2D eigenvalue weighted by Crippen LogP contribution is -2.33. The van der Waals surface area contributed by atoms with Crippen molar-refractivity contribution >= 4 is 23.3 Å². The van der Waals surface area contributed by atoms with E-state index in [9.17, 15) is 9.59 Å². The Hall–Kier alpha value is -2.37. The standard InChI is InChI=1S/C19H26N4O2/c1-4-13(3)20-19(25)16-17(22-18(24)14-7-5-6-8-14)21-15-10-9-12(2)11-23(15)16/h9-11,13-14H,4-8H2,1-3H3,(H,20,25)(H,22,24). The second-order valence-electron chi connectivity index (χ2n) is 7.00. The van der Waals surface area contributed by atoms with Gasteiger partial charge in [0.1, 0.15) is 5.65 Å². The summed E-state index contributed by atoms with van der Waals surface area (Å²) in [5.74, 6) is 0.129. The summed E-state index contributed by atoms with van der Waals surface area (Å²) < 4.78 is 1.76. The Bertz CT molecular complexity index is 790. The molecule has 0 saturated heterocycles. The molecule has 0 spiro atoms. The Morgan fingerprint density at radius 2 is 2.04 bits per heavy atom. The maximum atomic E-state index is 12.8. The molecule has 0 radical (unpaired) electrons. The lowest BCUT2D eigenvalue weighted by molar-refractivity contribution is -0.119. The molecule has 6 nitrogen and oxygen atoms in total. The molecular formula is C19H26N4O2. The van der Waals surface area contributed by atoms with Crippen molar-refractivity contribution in [3.63, 3.8) is 0 Å². The number of aromatic nitrogens is 2. The predicted molar refractivity (Wildman–Crippen MR) is 97.7 cm³/mol. The summed E-state index contributed by atoms with van der Waals surface area (Å²) in [5, 5.41) is 5.88. The Morgan fingerprint density at radius 1 is 1.32 bits per heavy atom. The molecule has 2 amide bonds. The van der Waals surface area contributed by atoms with Crippen molar-refractivity contribution in [3.05, 3.63) is 29.6 Å². The van der Waals surface area contributed by atoms with Crippen molar-refractivity contribution in [2.45, 2.75) is 58.9 Å². The first-order valence-corrected chi connectivity index (χ1v) is 9.10. The molecule has 1 saturated carbocycles. The summed E-state index contributed by atoms with van der Waals surface area (Å²) in [7, 11) is 0. The van der Waals surface area contributed by atoms with Gasteiger partial charge in [0.15, 0.2) is 11.5 Å². The third-order valence-electron chi connectivity index (χ3n) is 4.94. The van der Waals surface area contributed by atoms with Gasteiger partial charge in [-0.15, -0.1) is 0 Å². The van der Waals surface area contributed by atoms with Crippen LogP contribution in [0.3, 0.4) is 0 Å². The van der Waals surface area contributed by atoms with E-state index in [4.69, 9.17) is 0 Å². The van der Waals surface area contributed by atoms with Crippen molar-refractivity contribution in [3.8, 4) is 0 Å². The largest absolute Gasteiger partial charge is 0.348 e.